The molecule has 0 aliphatic carbocycles. The topological polar surface area (TPSA) is 89.0 Å². The molecule has 140 valence electrons. The number of hydrogen-bond acceptors (Lipinski definition) is 6. The van der Waals surface area contributed by atoms with Gasteiger partial charge in [0.2, 0.25) is 10.0 Å². The standard InChI is InChI=1S/C16H17Cl2N3O3S2/c1-3-6-26(23,24)21-13-8-10(17)7-12(15(13)18)14(22)9-11-4-5-19-16(20-11)25-2/h4-5,7-8,21H,3,6,9H2,1-2H3. The van der Waals surface area contributed by atoms with Gasteiger partial charge in [-0.15, -0.1) is 0 Å². The summed E-state index contributed by atoms with van der Waals surface area (Å²) in [6.45, 7) is 1.75. The van der Waals surface area contributed by atoms with E-state index in [2.05, 4.69) is 14.7 Å². The summed E-state index contributed by atoms with van der Waals surface area (Å²) in [5.74, 6) is -0.378. The maximum atomic E-state index is 12.6. The number of halogens is 2. The third kappa shape index (κ3) is 5.57. The highest BCUT2D eigenvalue weighted by atomic mass is 35.5. The number of carbonyl (C=O) groups is 1. The molecular formula is C16H17Cl2N3O3S2. The molecule has 0 amide bonds. The molecular weight excluding hydrogens is 417 g/mol. The summed E-state index contributed by atoms with van der Waals surface area (Å²) >= 11 is 13.7. The minimum Gasteiger partial charge on any atom is -0.294 e. The quantitative estimate of drug-likeness (QED) is 0.383. The molecule has 1 aromatic carbocycles. The van der Waals surface area contributed by atoms with Crippen LogP contribution in [0.3, 0.4) is 0 Å². The minimum absolute atomic E-state index is 0.00269. The maximum absolute atomic E-state index is 12.6. The lowest BCUT2D eigenvalue weighted by Crippen LogP contribution is -2.17. The normalized spacial score (nSPS) is 11.4. The molecule has 0 spiro atoms. The summed E-state index contributed by atoms with van der Waals surface area (Å²) in [5, 5.41) is 0.776. The van der Waals surface area contributed by atoms with Crippen LogP contribution in [0, 0.1) is 0 Å². The van der Waals surface area contributed by atoms with Crippen molar-refractivity contribution in [2.45, 2.75) is 24.9 Å². The van der Waals surface area contributed by atoms with Crippen LogP contribution in [0.4, 0.5) is 5.69 Å². The van der Waals surface area contributed by atoms with Crippen LogP contribution < -0.4 is 4.72 Å². The van der Waals surface area contributed by atoms with Crippen molar-refractivity contribution in [3.63, 3.8) is 0 Å². The lowest BCUT2D eigenvalue weighted by molar-refractivity contribution is 0.0992. The molecule has 2 rings (SSSR count). The molecule has 0 bridgehead atoms. The molecule has 0 fully saturated rings. The Morgan fingerprint density at radius 1 is 1.31 bits per heavy atom. The summed E-state index contributed by atoms with van der Waals surface area (Å²) in [4.78, 5) is 21.0. The van der Waals surface area contributed by atoms with Crippen molar-refractivity contribution in [2.75, 3.05) is 16.7 Å². The number of hydrogen-bond donors (Lipinski definition) is 1. The summed E-state index contributed by atoms with van der Waals surface area (Å²) in [6, 6.07) is 4.44. The van der Waals surface area contributed by atoms with Crippen LogP contribution in [-0.4, -0.2) is 36.2 Å². The third-order valence-corrected chi connectivity index (χ3v) is 5.96. The predicted octanol–water partition coefficient (Wildman–Crippen LogP) is 4.08. The van der Waals surface area contributed by atoms with E-state index < -0.39 is 10.0 Å². The molecule has 0 radical (unpaired) electrons. The number of aromatic nitrogens is 2. The van der Waals surface area contributed by atoms with Crippen LogP contribution in [0.5, 0.6) is 0 Å². The highest BCUT2D eigenvalue weighted by Crippen LogP contribution is 2.32. The number of nitrogens with one attached hydrogen (secondary N) is 1. The fraction of sp³-hybridized carbons (Fsp3) is 0.312. The second kappa shape index (κ2) is 9.03. The van der Waals surface area contributed by atoms with E-state index in [1.165, 1.54) is 23.9 Å². The van der Waals surface area contributed by atoms with Crippen molar-refractivity contribution in [1.82, 2.24) is 9.97 Å². The average molecular weight is 434 g/mol. The number of anilines is 1. The van der Waals surface area contributed by atoms with Gasteiger partial charge >= 0.3 is 0 Å². The van der Waals surface area contributed by atoms with E-state index in [1.54, 1.807) is 19.2 Å². The van der Waals surface area contributed by atoms with Gasteiger partial charge in [0.05, 0.1) is 28.6 Å². The van der Waals surface area contributed by atoms with Gasteiger partial charge in [-0.25, -0.2) is 18.4 Å². The summed E-state index contributed by atoms with van der Waals surface area (Å²) < 4.78 is 26.4. The zero-order chi connectivity index (χ0) is 19.3. The third-order valence-electron chi connectivity index (χ3n) is 3.29. The number of sulfonamides is 1. The Bertz CT molecular complexity index is 921. The molecule has 0 atom stereocenters. The number of rotatable bonds is 8. The van der Waals surface area contributed by atoms with Crippen LogP contribution in [0.1, 0.15) is 29.4 Å². The monoisotopic (exact) mass is 433 g/mol. The lowest BCUT2D eigenvalue weighted by atomic mass is 10.1. The Hall–Kier alpha value is -1.35. The van der Waals surface area contributed by atoms with E-state index >= 15 is 0 Å². The number of Topliss-reactive ketones (excluding diaryl/α,β-unsaturated/α-hetero) is 1. The van der Waals surface area contributed by atoms with Gasteiger partial charge in [-0.1, -0.05) is 41.9 Å². The van der Waals surface area contributed by atoms with E-state index in [0.29, 0.717) is 17.3 Å². The minimum atomic E-state index is -3.56. The summed E-state index contributed by atoms with van der Waals surface area (Å²) in [5.41, 5.74) is 0.764. The summed E-state index contributed by atoms with van der Waals surface area (Å²) in [6.07, 6.45) is 3.86. The van der Waals surface area contributed by atoms with Gasteiger partial charge in [-0.05, 0) is 30.9 Å². The number of nitrogens with zero attached hydrogens (tertiary/aromatic N) is 2. The predicted molar refractivity (Wildman–Crippen MR) is 106 cm³/mol. The highest BCUT2D eigenvalue weighted by molar-refractivity contribution is 7.98. The molecule has 1 heterocycles. The van der Waals surface area contributed by atoms with E-state index in [1.807, 2.05) is 6.26 Å². The molecule has 6 nitrogen and oxygen atoms in total. The molecule has 26 heavy (non-hydrogen) atoms. The molecule has 0 saturated carbocycles. The fourth-order valence-corrected chi connectivity index (χ4v) is 4.23. The maximum Gasteiger partial charge on any atom is 0.232 e. The molecule has 0 unspecified atom stereocenters. The number of benzene rings is 1. The average Bonchev–Trinajstić information content (AvgIpc) is 2.57. The molecule has 0 aliphatic heterocycles. The molecule has 0 aliphatic rings. The Balaban J connectivity index is 2.32. The van der Waals surface area contributed by atoms with Gasteiger partial charge in [0, 0.05) is 16.8 Å². The second-order valence-electron chi connectivity index (χ2n) is 5.37. The Kier molecular flexibility index (Phi) is 7.28. The van der Waals surface area contributed by atoms with E-state index in [0.717, 1.165) is 0 Å². The van der Waals surface area contributed by atoms with Gasteiger partial charge < -0.3 is 0 Å². The first-order valence-electron chi connectivity index (χ1n) is 7.64. The van der Waals surface area contributed by atoms with Gasteiger partial charge in [0.25, 0.3) is 0 Å². The van der Waals surface area contributed by atoms with Crippen LogP contribution in [0.25, 0.3) is 0 Å². The van der Waals surface area contributed by atoms with Crippen molar-refractivity contribution in [3.8, 4) is 0 Å². The van der Waals surface area contributed by atoms with Crippen LogP contribution in [0.2, 0.25) is 10.0 Å². The molecule has 10 heteroatoms. The Morgan fingerprint density at radius 3 is 2.69 bits per heavy atom. The van der Waals surface area contributed by atoms with E-state index in [4.69, 9.17) is 23.2 Å². The molecule has 2 aromatic rings. The van der Waals surface area contributed by atoms with Crippen molar-refractivity contribution >= 4 is 56.5 Å². The zero-order valence-corrected chi connectivity index (χ0v) is 17.3. The van der Waals surface area contributed by atoms with Gasteiger partial charge in [0.1, 0.15) is 0 Å². The van der Waals surface area contributed by atoms with Crippen molar-refractivity contribution < 1.29 is 13.2 Å². The van der Waals surface area contributed by atoms with Crippen LogP contribution in [0.15, 0.2) is 29.6 Å². The van der Waals surface area contributed by atoms with Gasteiger partial charge in [-0.3, -0.25) is 9.52 Å². The Labute approximate surface area is 166 Å². The molecule has 1 aromatic heterocycles. The zero-order valence-electron chi connectivity index (χ0n) is 14.1. The van der Waals surface area contributed by atoms with Gasteiger partial charge in [0.15, 0.2) is 10.9 Å². The largest absolute Gasteiger partial charge is 0.294 e. The number of carbonyl (C=O) groups excluding carboxylic acids is 1. The smallest absolute Gasteiger partial charge is 0.232 e. The van der Waals surface area contributed by atoms with Crippen molar-refractivity contribution in [2.24, 2.45) is 0 Å². The SMILES string of the molecule is CCCS(=O)(=O)Nc1cc(Cl)cc(C(=O)Cc2ccnc(SC)n2)c1Cl. The van der Waals surface area contributed by atoms with Crippen LogP contribution >= 0.6 is 35.0 Å². The van der Waals surface area contributed by atoms with Gasteiger partial charge in [-0.2, -0.15) is 0 Å². The second-order valence-corrected chi connectivity index (χ2v) is 8.80. The molecule has 1 N–H and O–H groups in total. The van der Waals surface area contributed by atoms with Crippen molar-refractivity contribution in [3.05, 3.63) is 45.7 Å². The summed E-state index contributed by atoms with van der Waals surface area (Å²) in [7, 11) is -3.56. The fourth-order valence-electron chi connectivity index (χ4n) is 2.19. The van der Waals surface area contributed by atoms with Crippen molar-refractivity contribution in [1.29, 1.82) is 0 Å². The molecule has 0 saturated heterocycles. The Morgan fingerprint density at radius 2 is 2.04 bits per heavy atom. The first-order valence-corrected chi connectivity index (χ1v) is 11.3. The number of ketones is 1. The lowest BCUT2D eigenvalue weighted by Gasteiger charge is -2.12. The van der Waals surface area contributed by atoms with E-state index in [9.17, 15) is 13.2 Å². The van der Waals surface area contributed by atoms with Crippen LogP contribution in [-0.2, 0) is 16.4 Å². The first kappa shape index (κ1) is 21.0. The van der Waals surface area contributed by atoms with E-state index in [-0.39, 0.29) is 39.3 Å². The number of thioether (sulfide) groups is 1. The highest BCUT2D eigenvalue weighted by Gasteiger charge is 2.19. The first-order chi connectivity index (χ1) is 12.3.